The fourth-order valence-electron chi connectivity index (χ4n) is 9.38. The van der Waals surface area contributed by atoms with E-state index in [0.717, 1.165) is 38.5 Å². The minimum absolute atomic E-state index is 0.211. The molecule has 5 nitrogen and oxygen atoms in total. The number of hydrogen-bond acceptors (Lipinski definition) is 4. The molecule has 5 heteroatoms. The summed E-state index contributed by atoms with van der Waals surface area (Å²) in [6.45, 7) is 9.00. The van der Waals surface area contributed by atoms with Crippen molar-refractivity contribution >= 4 is 5.97 Å². The Kier molecular flexibility index (Phi) is 5.60. The van der Waals surface area contributed by atoms with Gasteiger partial charge in [-0.2, -0.15) is 0 Å². The second-order valence-corrected chi connectivity index (χ2v) is 11.9. The van der Waals surface area contributed by atoms with Gasteiger partial charge >= 0.3 is 5.97 Å². The summed E-state index contributed by atoms with van der Waals surface area (Å²) in [5, 5.41) is 42.0. The summed E-state index contributed by atoms with van der Waals surface area (Å²) < 4.78 is 0. The third kappa shape index (κ3) is 3.02. The van der Waals surface area contributed by atoms with Crippen molar-refractivity contribution < 1.29 is 25.2 Å². The summed E-state index contributed by atoms with van der Waals surface area (Å²) in [5.74, 6) is 0.148. The van der Waals surface area contributed by atoms with Crippen LogP contribution in [0.15, 0.2) is 0 Å². The lowest BCUT2D eigenvalue weighted by Gasteiger charge is -2.66. The maximum Gasteiger partial charge on any atom is 0.303 e. The zero-order valence-electron chi connectivity index (χ0n) is 19.2. The summed E-state index contributed by atoms with van der Waals surface area (Å²) >= 11 is 0. The molecule has 0 aromatic rings. The van der Waals surface area contributed by atoms with E-state index >= 15 is 0 Å². The van der Waals surface area contributed by atoms with Gasteiger partial charge in [0.2, 0.25) is 0 Å². The summed E-state index contributed by atoms with van der Waals surface area (Å²) in [4.78, 5) is 11.1. The van der Waals surface area contributed by atoms with Crippen molar-refractivity contribution in [3.8, 4) is 0 Å². The average Bonchev–Trinajstić information content (AvgIpc) is 3.02. The van der Waals surface area contributed by atoms with Crippen molar-refractivity contribution in [2.45, 2.75) is 97.4 Å². The van der Waals surface area contributed by atoms with Gasteiger partial charge in [0.15, 0.2) is 5.79 Å². The quantitative estimate of drug-likeness (QED) is 0.513. The number of aliphatic carboxylic acids is 1. The fourth-order valence-corrected chi connectivity index (χ4v) is 9.38. The lowest BCUT2D eigenvalue weighted by atomic mass is 9.41. The molecule has 4 fully saturated rings. The van der Waals surface area contributed by atoms with Gasteiger partial charge in [0.25, 0.3) is 0 Å². The standard InChI is InChI=1S/C25H42O5/c1-14(5-10-22(27)28)17-6-7-19-16-13-15(2)18-8-9-21(26)25(29,30)24(18,4)20(16)11-12-23(17,19)3/h14-21,26,29-30H,5-13H2,1-4H3,(H,27,28)/t14-,15+,16+,17-,18+,19+,20+,21?,23-,24+/m1/s1. The van der Waals surface area contributed by atoms with Gasteiger partial charge in [0, 0.05) is 11.8 Å². The number of carboxylic acids is 1. The predicted molar refractivity (Wildman–Crippen MR) is 114 cm³/mol. The first-order valence-electron chi connectivity index (χ1n) is 12.3. The molecule has 0 saturated heterocycles. The maximum atomic E-state index is 11.2. The Morgan fingerprint density at radius 1 is 1.03 bits per heavy atom. The van der Waals surface area contributed by atoms with Gasteiger partial charge in [0.1, 0.15) is 6.10 Å². The van der Waals surface area contributed by atoms with Crippen molar-refractivity contribution in [1.29, 1.82) is 0 Å². The third-order valence-electron chi connectivity index (χ3n) is 10.9. The molecule has 4 rings (SSSR count). The Balaban J connectivity index is 1.62. The highest BCUT2D eigenvalue weighted by Gasteiger charge is 2.68. The van der Waals surface area contributed by atoms with Gasteiger partial charge in [-0.05, 0) is 98.2 Å². The summed E-state index contributed by atoms with van der Waals surface area (Å²) in [7, 11) is 0. The fraction of sp³-hybridized carbons (Fsp3) is 0.960. The predicted octanol–water partition coefficient (Wildman–Crippen LogP) is 4.04. The van der Waals surface area contributed by atoms with Gasteiger partial charge in [-0.3, -0.25) is 4.79 Å². The number of aliphatic hydroxyl groups is 3. The lowest BCUT2D eigenvalue weighted by molar-refractivity contribution is -0.355. The number of fused-ring (bicyclic) bond motifs is 5. The molecule has 30 heavy (non-hydrogen) atoms. The molecule has 0 aromatic heterocycles. The molecule has 0 aliphatic heterocycles. The van der Waals surface area contributed by atoms with E-state index in [9.17, 15) is 20.1 Å². The smallest absolute Gasteiger partial charge is 0.303 e. The van der Waals surface area contributed by atoms with Crippen LogP contribution < -0.4 is 0 Å². The molecule has 4 N–H and O–H groups in total. The normalized spacial score (nSPS) is 50.8. The van der Waals surface area contributed by atoms with E-state index in [1.165, 1.54) is 6.42 Å². The van der Waals surface area contributed by atoms with Crippen LogP contribution in [0.4, 0.5) is 0 Å². The lowest BCUT2D eigenvalue weighted by Crippen LogP contribution is -2.69. The summed E-state index contributed by atoms with van der Waals surface area (Å²) in [6, 6.07) is 0. The Labute approximate surface area is 181 Å². The van der Waals surface area contributed by atoms with E-state index in [0.29, 0.717) is 36.0 Å². The van der Waals surface area contributed by atoms with Gasteiger partial charge < -0.3 is 20.4 Å². The highest BCUT2D eigenvalue weighted by molar-refractivity contribution is 5.66. The van der Waals surface area contributed by atoms with E-state index < -0.39 is 23.3 Å². The van der Waals surface area contributed by atoms with Crippen LogP contribution in [0, 0.1) is 52.3 Å². The van der Waals surface area contributed by atoms with Crippen LogP contribution in [0.3, 0.4) is 0 Å². The Morgan fingerprint density at radius 3 is 2.37 bits per heavy atom. The Hall–Kier alpha value is -0.650. The van der Waals surface area contributed by atoms with E-state index in [4.69, 9.17) is 5.11 Å². The van der Waals surface area contributed by atoms with Crippen LogP contribution in [-0.4, -0.2) is 38.3 Å². The number of aliphatic hydroxyl groups excluding tert-OH is 1. The van der Waals surface area contributed by atoms with Crippen molar-refractivity contribution in [2.75, 3.05) is 0 Å². The van der Waals surface area contributed by atoms with E-state index in [2.05, 4.69) is 27.7 Å². The second kappa shape index (κ2) is 7.45. The third-order valence-corrected chi connectivity index (χ3v) is 10.9. The molecule has 4 saturated carbocycles. The molecular formula is C25H42O5. The van der Waals surface area contributed by atoms with Crippen LogP contribution in [0.5, 0.6) is 0 Å². The molecule has 0 aromatic carbocycles. The topological polar surface area (TPSA) is 98.0 Å². The zero-order chi connectivity index (χ0) is 22.1. The molecule has 172 valence electrons. The van der Waals surface area contributed by atoms with Crippen LogP contribution in [0.1, 0.15) is 85.5 Å². The molecule has 0 amide bonds. The average molecular weight is 423 g/mol. The first kappa shape index (κ1) is 22.5. The van der Waals surface area contributed by atoms with E-state index in [1.54, 1.807) is 0 Å². The summed E-state index contributed by atoms with van der Waals surface area (Å²) in [5.41, 5.74) is -0.454. The Morgan fingerprint density at radius 2 is 1.70 bits per heavy atom. The molecule has 4 aliphatic carbocycles. The minimum Gasteiger partial charge on any atom is -0.481 e. The van der Waals surface area contributed by atoms with Crippen LogP contribution >= 0.6 is 0 Å². The van der Waals surface area contributed by atoms with Gasteiger partial charge in [-0.1, -0.05) is 27.7 Å². The first-order valence-corrected chi connectivity index (χ1v) is 12.3. The monoisotopic (exact) mass is 422 g/mol. The molecule has 0 spiro atoms. The minimum atomic E-state index is -2.02. The van der Waals surface area contributed by atoms with Gasteiger partial charge in [-0.25, -0.2) is 0 Å². The SMILES string of the molecule is C[C@H](CCC(=O)O)[C@H]1CC[C@H]2[C@@H]3C[C@H](C)[C@@H]4CCC(O)C(O)(O)[C@]4(C)[C@H]3CC[C@]12C. The molecule has 4 aliphatic rings. The van der Waals surface area contributed by atoms with Crippen LogP contribution in [-0.2, 0) is 4.79 Å². The molecule has 0 bridgehead atoms. The Bertz CT molecular complexity index is 676. The van der Waals surface area contributed by atoms with Crippen molar-refractivity contribution in [1.82, 2.24) is 0 Å². The van der Waals surface area contributed by atoms with Crippen LogP contribution in [0.25, 0.3) is 0 Å². The second-order valence-electron chi connectivity index (χ2n) is 11.9. The van der Waals surface area contributed by atoms with E-state index in [-0.39, 0.29) is 23.7 Å². The van der Waals surface area contributed by atoms with Crippen molar-refractivity contribution in [2.24, 2.45) is 52.3 Å². The molecule has 0 radical (unpaired) electrons. The summed E-state index contributed by atoms with van der Waals surface area (Å²) in [6.07, 6.45) is 6.80. The van der Waals surface area contributed by atoms with Crippen molar-refractivity contribution in [3.63, 3.8) is 0 Å². The first-order chi connectivity index (χ1) is 13.9. The zero-order valence-corrected chi connectivity index (χ0v) is 19.2. The highest BCUT2D eigenvalue weighted by Crippen LogP contribution is 2.70. The number of hydrogen-bond donors (Lipinski definition) is 4. The largest absolute Gasteiger partial charge is 0.481 e. The molecule has 1 unspecified atom stereocenters. The highest BCUT2D eigenvalue weighted by atomic mass is 16.5. The van der Waals surface area contributed by atoms with Crippen molar-refractivity contribution in [3.05, 3.63) is 0 Å². The van der Waals surface area contributed by atoms with E-state index in [1.807, 2.05) is 0 Å². The van der Waals surface area contributed by atoms with Gasteiger partial charge in [0.05, 0.1) is 0 Å². The van der Waals surface area contributed by atoms with Gasteiger partial charge in [-0.15, -0.1) is 0 Å². The molecule has 10 atom stereocenters. The molecule has 0 heterocycles. The maximum absolute atomic E-state index is 11.2. The van der Waals surface area contributed by atoms with Crippen LogP contribution in [0.2, 0.25) is 0 Å². The number of carbonyl (C=O) groups is 1. The number of rotatable bonds is 4. The molecular weight excluding hydrogens is 380 g/mol. The number of carboxylic acid groups (broad SMARTS) is 1.